The van der Waals surface area contributed by atoms with E-state index in [-0.39, 0.29) is 40.5 Å². The van der Waals surface area contributed by atoms with Gasteiger partial charge in [-0.3, -0.25) is 9.79 Å². The van der Waals surface area contributed by atoms with Crippen LogP contribution >= 0.6 is 35.7 Å². The number of carbonyl (C=O) groups is 1. The highest BCUT2D eigenvalue weighted by atomic mass is 127. The lowest BCUT2D eigenvalue weighted by Crippen LogP contribution is -2.43. The molecule has 140 valence electrons. The van der Waals surface area contributed by atoms with E-state index in [0.29, 0.717) is 13.1 Å². The van der Waals surface area contributed by atoms with Crippen LogP contribution in [0, 0.1) is 5.92 Å². The molecule has 0 radical (unpaired) electrons. The maximum absolute atomic E-state index is 11.6. The highest BCUT2D eigenvalue weighted by molar-refractivity contribution is 14.0. The van der Waals surface area contributed by atoms with Crippen LogP contribution in [0.15, 0.2) is 4.99 Å². The lowest BCUT2D eigenvalue weighted by Gasteiger charge is -2.34. The summed E-state index contributed by atoms with van der Waals surface area (Å²) >= 11 is 1.90. The first-order valence-corrected chi connectivity index (χ1v) is 9.84. The predicted molar refractivity (Wildman–Crippen MR) is 111 cm³/mol. The van der Waals surface area contributed by atoms with Crippen LogP contribution in [0.1, 0.15) is 32.6 Å². The van der Waals surface area contributed by atoms with Crippen molar-refractivity contribution in [3.05, 3.63) is 0 Å². The van der Waals surface area contributed by atoms with E-state index in [0.717, 1.165) is 57.9 Å². The third-order valence-electron chi connectivity index (χ3n) is 4.37. The Morgan fingerprint density at radius 3 is 2.46 bits per heavy atom. The molecule has 1 aliphatic heterocycles. The summed E-state index contributed by atoms with van der Waals surface area (Å²) in [7, 11) is 0. The summed E-state index contributed by atoms with van der Waals surface area (Å²) in [5.74, 6) is 1.29. The number of ether oxygens (including phenoxy) is 1. The van der Waals surface area contributed by atoms with Gasteiger partial charge in [-0.2, -0.15) is 11.8 Å². The van der Waals surface area contributed by atoms with Crippen molar-refractivity contribution in [2.45, 2.75) is 37.4 Å². The number of nitrogens with zero attached hydrogens (tertiary/aromatic N) is 1. The van der Waals surface area contributed by atoms with Gasteiger partial charge in [-0.05, 0) is 38.9 Å². The van der Waals surface area contributed by atoms with E-state index in [4.69, 9.17) is 9.73 Å². The fraction of sp³-hybridized carbons (Fsp3) is 0.875. The van der Waals surface area contributed by atoms with Crippen LogP contribution in [0.2, 0.25) is 0 Å². The number of nitrogens with one attached hydrogen (secondary N) is 3. The molecule has 1 heterocycles. The van der Waals surface area contributed by atoms with Crippen LogP contribution in [0.3, 0.4) is 0 Å². The smallest absolute Gasteiger partial charge is 0.223 e. The average Bonchev–Trinajstić information content (AvgIpc) is 3.42. The van der Waals surface area contributed by atoms with Gasteiger partial charge in [-0.25, -0.2) is 0 Å². The minimum absolute atomic E-state index is 0. The van der Waals surface area contributed by atoms with Crippen molar-refractivity contribution in [3.63, 3.8) is 0 Å². The molecule has 8 heteroatoms. The van der Waals surface area contributed by atoms with Gasteiger partial charge in [0, 0.05) is 43.5 Å². The summed E-state index contributed by atoms with van der Waals surface area (Å²) in [6, 6.07) is 0. The van der Waals surface area contributed by atoms with Crippen LogP contribution in [0.5, 0.6) is 0 Å². The Balaban J connectivity index is 0.00000288. The third kappa shape index (κ3) is 7.35. The monoisotopic (exact) mass is 470 g/mol. The number of aliphatic imine (C=N–C) groups is 1. The van der Waals surface area contributed by atoms with Gasteiger partial charge in [0.1, 0.15) is 0 Å². The number of rotatable bonds is 8. The second kappa shape index (κ2) is 11.4. The Hall–Kier alpha value is -0.220. The van der Waals surface area contributed by atoms with Crippen molar-refractivity contribution in [2.75, 3.05) is 45.6 Å². The van der Waals surface area contributed by atoms with Gasteiger partial charge < -0.3 is 20.7 Å². The Kier molecular flexibility index (Phi) is 10.4. The number of carbonyl (C=O) groups excluding carboxylic acids is 1. The molecule has 0 aromatic carbocycles. The van der Waals surface area contributed by atoms with Gasteiger partial charge >= 0.3 is 0 Å². The van der Waals surface area contributed by atoms with E-state index in [2.05, 4.69) is 29.1 Å². The van der Waals surface area contributed by atoms with Gasteiger partial charge in [-0.1, -0.05) is 0 Å². The second-order valence-electron chi connectivity index (χ2n) is 6.19. The van der Waals surface area contributed by atoms with E-state index in [9.17, 15) is 4.79 Å². The lowest BCUT2D eigenvalue weighted by molar-refractivity contribution is -0.122. The predicted octanol–water partition coefficient (Wildman–Crippen LogP) is 1.60. The highest BCUT2D eigenvalue weighted by Gasteiger charge is 2.31. The number of thioether (sulfide) groups is 1. The molecule has 0 unspecified atom stereocenters. The van der Waals surface area contributed by atoms with Gasteiger partial charge in [0.25, 0.3) is 0 Å². The zero-order chi connectivity index (χ0) is 16.5. The standard InChI is InChI=1S/C16H30N4O2S.HI/c1-3-17-15(19-9-8-18-14(21)13-4-5-13)20-12-16(23-2)6-10-22-11-7-16;/h13H,3-12H2,1-2H3,(H,18,21)(H2,17,19,20);1H. The highest BCUT2D eigenvalue weighted by Crippen LogP contribution is 2.34. The van der Waals surface area contributed by atoms with Crippen molar-refractivity contribution in [1.82, 2.24) is 16.0 Å². The Morgan fingerprint density at radius 1 is 1.21 bits per heavy atom. The normalized spacial score (nSPS) is 20.0. The largest absolute Gasteiger partial charge is 0.381 e. The van der Waals surface area contributed by atoms with E-state index < -0.39 is 0 Å². The summed E-state index contributed by atoms with van der Waals surface area (Å²) in [6.07, 6.45) is 6.35. The third-order valence-corrected chi connectivity index (χ3v) is 5.77. The first-order chi connectivity index (χ1) is 11.2. The van der Waals surface area contributed by atoms with Gasteiger partial charge in [0.15, 0.2) is 5.96 Å². The molecular weight excluding hydrogens is 439 g/mol. The summed E-state index contributed by atoms with van der Waals surface area (Å²) in [5.41, 5.74) is 0. The molecule has 1 aliphatic carbocycles. The van der Waals surface area contributed by atoms with Crippen molar-refractivity contribution in [2.24, 2.45) is 10.9 Å². The summed E-state index contributed by atoms with van der Waals surface area (Å²) in [5, 5.41) is 9.53. The van der Waals surface area contributed by atoms with Crippen molar-refractivity contribution < 1.29 is 9.53 Å². The van der Waals surface area contributed by atoms with Crippen LogP contribution in [0.4, 0.5) is 0 Å². The van der Waals surface area contributed by atoms with Crippen LogP contribution in [-0.2, 0) is 9.53 Å². The van der Waals surface area contributed by atoms with E-state index in [1.165, 1.54) is 0 Å². The van der Waals surface area contributed by atoms with Crippen molar-refractivity contribution >= 4 is 47.6 Å². The molecule has 6 nitrogen and oxygen atoms in total. The maximum atomic E-state index is 11.6. The van der Waals surface area contributed by atoms with Gasteiger partial charge in [-0.15, -0.1) is 24.0 Å². The molecule has 2 aliphatic rings. The summed E-state index contributed by atoms with van der Waals surface area (Å²) < 4.78 is 5.67. The molecule has 0 aromatic heterocycles. The van der Waals surface area contributed by atoms with Crippen molar-refractivity contribution in [1.29, 1.82) is 0 Å². The van der Waals surface area contributed by atoms with Crippen LogP contribution in [0.25, 0.3) is 0 Å². The number of hydrogen-bond acceptors (Lipinski definition) is 4. The van der Waals surface area contributed by atoms with Crippen LogP contribution < -0.4 is 16.0 Å². The molecule has 1 saturated carbocycles. The SMILES string of the molecule is CCNC(=NCC1(SC)CCOCC1)NCCNC(=O)C1CC1.I. The molecule has 0 spiro atoms. The van der Waals surface area contributed by atoms with E-state index in [1.54, 1.807) is 0 Å². The topological polar surface area (TPSA) is 74.8 Å². The second-order valence-corrected chi connectivity index (χ2v) is 7.46. The minimum Gasteiger partial charge on any atom is -0.381 e. The molecule has 3 N–H and O–H groups in total. The number of guanidine groups is 1. The molecule has 1 amide bonds. The molecule has 2 rings (SSSR count). The molecule has 0 bridgehead atoms. The van der Waals surface area contributed by atoms with E-state index in [1.807, 2.05) is 11.8 Å². The Morgan fingerprint density at radius 2 is 1.88 bits per heavy atom. The minimum atomic E-state index is 0. The molecule has 2 fully saturated rings. The number of hydrogen-bond donors (Lipinski definition) is 3. The fourth-order valence-electron chi connectivity index (χ4n) is 2.59. The quantitative estimate of drug-likeness (QED) is 0.218. The number of halogens is 1. The van der Waals surface area contributed by atoms with Gasteiger partial charge in [0.05, 0.1) is 6.54 Å². The molecule has 1 saturated heterocycles. The van der Waals surface area contributed by atoms with Gasteiger partial charge in [0.2, 0.25) is 5.91 Å². The Labute approximate surface area is 166 Å². The first-order valence-electron chi connectivity index (χ1n) is 8.62. The fourth-order valence-corrected chi connectivity index (χ4v) is 3.36. The molecule has 0 aromatic rings. The molecule has 0 atom stereocenters. The first kappa shape index (κ1) is 21.8. The lowest BCUT2D eigenvalue weighted by atomic mass is 9.99. The zero-order valence-corrected chi connectivity index (χ0v) is 17.9. The van der Waals surface area contributed by atoms with E-state index >= 15 is 0 Å². The average molecular weight is 470 g/mol. The molecule has 24 heavy (non-hydrogen) atoms. The van der Waals surface area contributed by atoms with Crippen LogP contribution in [-0.4, -0.2) is 62.3 Å². The zero-order valence-electron chi connectivity index (χ0n) is 14.7. The number of amides is 1. The Bertz CT molecular complexity index is 413. The summed E-state index contributed by atoms with van der Waals surface area (Å²) in [6.45, 7) is 6.67. The maximum Gasteiger partial charge on any atom is 0.223 e. The summed E-state index contributed by atoms with van der Waals surface area (Å²) in [4.78, 5) is 16.3. The van der Waals surface area contributed by atoms with Crippen molar-refractivity contribution in [3.8, 4) is 0 Å². The molecular formula is C16H31IN4O2S.